The molecule has 0 spiro atoms. The van der Waals surface area contributed by atoms with Gasteiger partial charge in [-0.15, -0.1) is 0 Å². The molecule has 0 N–H and O–H groups in total. The quantitative estimate of drug-likeness (QED) is 0.435. The van der Waals surface area contributed by atoms with Crippen molar-refractivity contribution in [3.8, 4) is 0 Å². The molecule has 0 aromatic rings. The second-order valence-electron chi connectivity index (χ2n) is 2.50. The van der Waals surface area contributed by atoms with Gasteiger partial charge in [0.25, 0.3) is 0 Å². The zero-order chi connectivity index (χ0) is 7.28. The van der Waals surface area contributed by atoms with Crippen molar-refractivity contribution >= 4 is 9.04 Å². The first-order valence-electron chi connectivity index (χ1n) is 3.19. The van der Waals surface area contributed by atoms with Crippen LogP contribution in [0, 0.1) is 0 Å². The van der Waals surface area contributed by atoms with E-state index >= 15 is 0 Å². The molecule has 0 aromatic heterocycles. The lowest BCUT2D eigenvalue weighted by Crippen LogP contribution is -2.06. The van der Waals surface area contributed by atoms with E-state index in [0.29, 0.717) is 0 Å². The Labute approximate surface area is 59.5 Å². The Kier molecular flexibility index (Phi) is 4.72. The Bertz CT molecular complexity index is 93.1. The summed E-state index contributed by atoms with van der Waals surface area (Å²) in [7, 11) is -0.475. The second kappa shape index (κ2) is 4.76. The lowest BCUT2D eigenvalue weighted by molar-refractivity contribution is 0.373. The molecule has 0 aliphatic carbocycles. The van der Waals surface area contributed by atoms with Gasteiger partial charge in [-0.25, -0.2) is 0 Å². The van der Waals surface area contributed by atoms with Crippen LogP contribution in [0.5, 0.6) is 0 Å². The van der Waals surface area contributed by atoms with E-state index in [2.05, 4.69) is 33.0 Å². The molecule has 1 nitrogen and oxygen atoms in total. The summed E-state index contributed by atoms with van der Waals surface area (Å²) < 4.78 is 5.38. The lowest BCUT2D eigenvalue weighted by Gasteiger charge is -2.00. The molecule has 53 valence electrons. The highest BCUT2D eigenvalue weighted by Gasteiger charge is 1.91. The fourth-order valence-corrected chi connectivity index (χ4v) is 0.792. The van der Waals surface area contributed by atoms with Crippen LogP contribution in [0.25, 0.3) is 0 Å². The SMILES string of the molecule is CC(C)=CCO[Si](C)C. The van der Waals surface area contributed by atoms with E-state index in [1.807, 2.05) is 0 Å². The van der Waals surface area contributed by atoms with Gasteiger partial charge in [0.1, 0.15) is 0 Å². The first kappa shape index (κ1) is 8.92. The van der Waals surface area contributed by atoms with Gasteiger partial charge >= 0.3 is 0 Å². The highest BCUT2D eigenvalue weighted by Crippen LogP contribution is 1.90. The molecule has 0 bridgehead atoms. The van der Waals surface area contributed by atoms with Crippen molar-refractivity contribution < 1.29 is 4.43 Å². The molecule has 0 fully saturated rings. The first-order valence-corrected chi connectivity index (χ1v) is 5.60. The van der Waals surface area contributed by atoms with E-state index < -0.39 is 9.04 Å². The minimum Gasteiger partial charge on any atom is -0.414 e. The van der Waals surface area contributed by atoms with Crippen LogP contribution in [0.2, 0.25) is 13.1 Å². The summed E-state index contributed by atoms with van der Waals surface area (Å²) in [6, 6.07) is 0. The van der Waals surface area contributed by atoms with Crippen LogP contribution in [-0.4, -0.2) is 15.6 Å². The van der Waals surface area contributed by atoms with Crippen molar-refractivity contribution in [1.29, 1.82) is 0 Å². The smallest absolute Gasteiger partial charge is 0.205 e. The summed E-state index contributed by atoms with van der Waals surface area (Å²) in [6.45, 7) is 9.25. The van der Waals surface area contributed by atoms with Crippen LogP contribution in [0.15, 0.2) is 11.6 Å². The van der Waals surface area contributed by atoms with Crippen molar-refractivity contribution in [3.63, 3.8) is 0 Å². The number of allylic oxidation sites excluding steroid dienone is 1. The second-order valence-corrected chi connectivity index (χ2v) is 4.61. The molecular weight excluding hydrogens is 128 g/mol. The summed E-state index contributed by atoms with van der Waals surface area (Å²) in [5.74, 6) is 0. The van der Waals surface area contributed by atoms with Crippen molar-refractivity contribution in [3.05, 3.63) is 11.6 Å². The highest BCUT2D eigenvalue weighted by atomic mass is 28.3. The van der Waals surface area contributed by atoms with Crippen LogP contribution in [0.4, 0.5) is 0 Å². The molecule has 0 saturated carbocycles. The van der Waals surface area contributed by atoms with Crippen molar-refractivity contribution in [1.82, 2.24) is 0 Å². The Morgan fingerprint density at radius 3 is 2.33 bits per heavy atom. The predicted octanol–water partition coefficient (Wildman–Crippen LogP) is 2.22. The summed E-state index contributed by atoms with van der Waals surface area (Å²) in [5, 5.41) is 0. The van der Waals surface area contributed by atoms with Gasteiger partial charge in [-0.1, -0.05) is 11.6 Å². The highest BCUT2D eigenvalue weighted by molar-refractivity contribution is 6.48. The number of hydrogen-bond donors (Lipinski definition) is 0. The zero-order valence-corrected chi connectivity index (χ0v) is 7.69. The molecule has 2 heteroatoms. The van der Waals surface area contributed by atoms with Gasteiger partial charge in [0, 0.05) is 0 Å². The fourth-order valence-electron chi connectivity index (χ4n) is 0.375. The molecule has 1 radical (unpaired) electrons. The minimum absolute atomic E-state index is 0.475. The predicted molar refractivity (Wildman–Crippen MR) is 42.9 cm³/mol. The minimum atomic E-state index is -0.475. The van der Waals surface area contributed by atoms with E-state index in [4.69, 9.17) is 4.43 Å². The topological polar surface area (TPSA) is 9.23 Å². The zero-order valence-electron chi connectivity index (χ0n) is 6.69. The summed E-state index contributed by atoms with van der Waals surface area (Å²) in [4.78, 5) is 0. The molecule has 0 aromatic carbocycles. The fraction of sp³-hybridized carbons (Fsp3) is 0.714. The molecule has 0 rings (SSSR count). The van der Waals surface area contributed by atoms with Crippen LogP contribution in [0.3, 0.4) is 0 Å². The molecule has 0 aliphatic rings. The van der Waals surface area contributed by atoms with E-state index in [1.54, 1.807) is 0 Å². The normalized spacial score (nSPS) is 9.89. The third kappa shape index (κ3) is 7.92. The average molecular weight is 143 g/mol. The molecule has 9 heavy (non-hydrogen) atoms. The van der Waals surface area contributed by atoms with Crippen LogP contribution in [-0.2, 0) is 4.43 Å². The molecule has 0 amide bonds. The average Bonchev–Trinajstić information content (AvgIpc) is 1.63. The van der Waals surface area contributed by atoms with Gasteiger partial charge in [0.2, 0.25) is 9.04 Å². The van der Waals surface area contributed by atoms with Gasteiger partial charge in [-0.3, -0.25) is 0 Å². The van der Waals surface area contributed by atoms with E-state index in [9.17, 15) is 0 Å². The van der Waals surface area contributed by atoms with Crippen molar-refractivity contribution in [2.45, 2.75) is 26.9 Å². The molecule has 0 heterocycles. The van der Waals surface area contributed by atoms with E-state index in [1.165, 1.54) is 5.57 Å². The maximum atomic E-state index is 5.38. The van der Waals surface area contributed by atoms with Crippen molar-refractivity contribution in [2.75, 3.05) is 6.61 Å². The number of hydrogen-bond acceptors (Lipinski definition) is 1. The summed E-state index contributed by atoms with van der Waals surface area (Å²) in [5.41, 5.74) is 1.33. The molecule has 0 aliphatic heterocycles. The Morgan fingerprint density at radius 1 is 1.44 bits per heavy atom. The van der Waals surface area contributed by atoms with Gasteiger partial charge in [-0.2, -0.15) is 0 Å². The van der Waals surface area contributed by atoms with Gasteiger partial charge in [0.05, 0.1) is 6.61 Å². The number of rotatable bonds is 3. The third-order valence-corrected chi connectivity index (χ3v) is 1.61. The molecule has 0 unspecified atom stereocenters. The molecule has 0 atom stereocenters. The Morgan fingerprint density at radius 2 is 2.00 bits per heavy atom. The van der Waals surface area contributed by atoms with Gasteiger partial charge < -0.3 is 4.43 Å². The lowest BCUT2D eigenvalue weighted by atomic mass is 10.3. The first-order chi connectivity index (χ1) is 4.13. The van der Waals surface area contributed by atoms with Crippen molar-refractivity contribution in [2.24, 2.45) is 0 Å². The summed E-state index contributed by atoms with van der Waals surface area (Å²) >= 11 is 0. The maximum Gasteiger partial charge on any atom is 0.205 e. The van der Waals surface area contributed by atoms with E-state index in [0.717, 1.165) is 6.61 Å². The monoisotopic (exact) mass is 143 g/mol. The summed E-state index contributed by atoms with van der Waals surface area (Å²) in [6.07, 6.45) is 2.11. The maximum absolute atomic E-state index is 5.38. The van der Waals surface area contributed by atoms with Crippen LogP contribution >= 0.6 is 0 Å². The van der Waals surface area contributed by atoms with E-state index in [-0.39, 0.29) is 0 Å². The van der Waals surface area contributed by atoms with Gasteiger partial charge in [0.15, 0.2) is 0 Å². The molecular formula is C7H15OSi. The Hall–Kier alpha value is -0.0831. The third-order valence-electron chi connectivity index (χ3n) is 0.864. The van der Waals surface area contributed by atoms with Crippen LogP contribution < -0.4 is 0 Å². The standard InChI is InChI=1S/C7H15OSi/c1-7(2)5-6-8-9(3)4/h5H,6H2,1-4H3. The van der Waals surface area contributed by atoms with Crippen LogP contribution in [0.1, 0.15) is 13.8 Å². The Balaban J connectivity index is 3.20. The largest absolute Gasteiger partial charge is 0.414 e. The molecule has 0 saturated heterocycles. The van der Waals surface area contributed by atoms with Gasteiger partial charge in [-0.05, 0) is 26.9 Å².